The zero-order valence-corrected chi connectivity index (χ0v) is 7.36. The number of esters is 1. The van der Waals surface area contributed by atoms with Crippen LogP contribution in [0.4, 0.5) is 0 Å². The molecule has 2 nitrogen and oxygen atoms in total. The van der Waals surface area contributed by atoms with Crippen LogP contribution in [0.2, 0.25) is 0 Å². The van der Waals surface area contributed by atoms with Gasteiger partial charge in [-0.15, -0.1) is 0 Å². The molecule has 0 heterocycles. The maximum absolute atomic E-state index is 11.1. The van der Waals surface area contributed by atoms with Crippen LogP contribution >= 0.6 is 0 Å². The minimum atomic E-state index is -0.565. The van der Waals surface area contributed by atoms with E-state index in [4.69, 9.17) is 15.7 Å². The van der Waals surface area contributed by atoms with E-state index in [1.165, 1.54) is 7.11 Å². The van der Waals surface area contributed by atoms with Crippen LogP contribution in [0.3, 0.4) is 0 Å². The SMILES string of the molecule is [B]C([B])c1cccc(C(=O)OC)c1. The summed E-state index contributed by atoms with van der Waals surface area (Å²) in [5, 5.41) is 0. The standard InChI is InChI=1S/C9H8B2O2/c1-13-9(12)7-4-2-3-6(5-7)8(10)11/h2-5,8H,1H3. The summed E-state index contributed by atoms with van der Waals surface area (Å²) in [6.45, 7) is 0. The van der Waals surface area contributed by atoms with E-state index in [1.54, 1.807) is 24.3 Å². The molecule has 0 aliphatic carbocycles. The molecule has 1 aromatic rings. The Balaban J connectivity index is 2.98. The molecule has 1 aromatic carbocycles. The van der Waals surface area contributed by atoms with Crippen molar-refractivity contribution in [3.63, 3.8) is 0 Å². The van der Waals surface area contributed by atoms with Crippen LogP contribution in [0.25, 0.3) is 0 Å². The molecule has 0 fully saturated rings. The summed E-state index contributed by atoms with van der Waals surface area (Å²) in [6, 6.07) is 6.75. The fourth-order valence-corrected chi connectivity index (χ4v) is 0.991. The quantitative estimate of drug-likeness (QED) is 0.484. The molecule has 13 heavy (non-hydrogen) atoms. The summed E-state index contributed by atoms with van der Waals surface area (Å²) in [7, 11) is 12.2. The van der Waals surface area contributed by atoms with E-state index >= 15 is 0 Å². The van der Waals surface area contributed by atoms with E-state index in [2.05, 4.69) is 4.74 Å². The monoisotopic (exact) mass is 170 g/mol. The first-order chi connectivity index (χ1) is 6.15. The van der Waals surface area contributed by atoms with Crippen LogP contribution in [0, 0.1) is 0 Å². The summed E-state index contributed by atoms with van der Waals surface area (Å²) < 4.78 is 4.55. The van der Waals surface area contributed by atoms with Crippen LogP contribution in [0.5, 0.6) is 0 Å². The lowest BCUT2D eigenvalue weighted by atomic mass is 9.66. The Kier molecular flexibility index (Phi) is 3.18. The van der Waals surface area contributed by atoms with Crippen LogP contribution < -0.4 is 0 Å². The molecule has 4 heteroatoms. The predicted octanol–water partition coefficient (Wildman–Crippen LogP) is 0.809. The number of methoxy groups -OCH3 is 1. The molecule has 0 saturated carbocycles. The summed E-state index contributed by atoms with van der Waals surface area (Å²) >= 11 is 0. The van der Waals surface area contributed by atoms with E-state index in [0.29, 0.717) is 11.1 Å². The molecular weight excluding hydrogens is 162 g/mol. The number of carbonyl (C=O) groups is 1. The number of benzene rings is 1. The van der Waals surface area contributed by atoms with Crippen molar-refractivity contribution in [2.75, 3.05) is 7.11 Å². The maximum atomic E-state index is 11.1. The van der Waals surface area contributed by atoms with Gasteiger partial charge in [0.1, 0.15) is 0 Å². The Hall–Kier alpha value is -1.18. The Labute approximate surface area is 80.1 Å². The molecule has 0 bridgehead atoms. The van der Waals surface area contributed by atoms with Crippen LogP contribution in [-0.2, 0) is 4.74 Å². The van der Waals surface area contributed by atoms with E-state index in [-0.39, 0.29) is 5.97 Å². The molecule has 0 aromatic heterocycles. The lowest BCUT2D eigenvalue weighted by Gasteiger charge is -2.06. The Morgan fingerprint density at radius 2 is 2.15 bits per heavy atom. The third-order valence-electron chi connectivity index (χ3n) is 1.69. The molecule has 0 unspecified atom stereocenters. The van der Waals surface area contributed by atoms with Crippen molar-refractivity contribution >= 4 is 21.7 Å². The van der Waals surface area contributed by atoms with Gasteiger partial charge in [-0.2, -0.15) is 0 Å². The van der Waals surface area contributed by atoms with E-state index in [0.717, 1.165) is 0 Å². The van der Waals surface area contributed by atoms with Gasteiger partial charge in [0.05, 0.1) is 28.4 Å². The van der Waals surface area contributed by atoms with E-state index < -0.39 is 5.72 Å². The van der Waals surface area contributed by atoms with Crippen molar-refractivity contribution in [1.82, 2.24) is 0 Å². The highest BCUT2D eigenvalue weighted by molar-refractivity contribution is 6.35. The molecule has 62 valence electrons. The average Bonchev–Trinajstić information content (AvgIpc) is 2.17. The number of hydrogen-bond donors (Lipinski definition) is 0. The maximum Gasteiger partial charge on any atom is 0.337 e. The van der Waals surface area contributed by atoms with Gasteiger partial charge in [-0.25, -0.2) is 4.79 Å². The second kappa shape index (κ2) is 4.17. The second-order valence-electron chi connectivity index (χ2n) is 2.64. The summed E-state index contributed by atoms with van der Waals surface area (Å²) in [5.41, 5.74) is 0.605. The van der Waals surface area contributed by atoms with Gasteiger partial charge in [0.15, 0.2) is 0 Å². The van der Waals surface area contributed by atoms with Gasteiger partial charge in [0, 0.05) is 0 Å². The van der Waals surface area contributed by atoms with Crippen LogP contribution in [0.1, 0.15) is 21.6 Å². The van der Waals surface area contributed by atoms with Crippen molar-refractivity contribution in [2.45, 2.75) is 5.72 Å². The van der Waals surface area contributed by atoms with Gasteiger partial charge >= 0.3 is 5.97 Å². The highest BCUT2D eigenvalue weighted by atomic mass is 16.5. The first-order valence-electron chi connectivity index (χ1n) is 3.84. The first-order valence-corrected chi connectivity index (χ1v) is 3.84. The van der Waals surface area contributed by atoms with Crippen LogP contribution in [-0.4, -0.2) is 28.8 Å². The summed E-state index contributed by atoms with van der Waals surface area (Å²) in [4.78, 5) is 11.1. The highest BCUT2D eigenvalue weighted by Gasteiger charge is 2.06. The Morgan fingerprint density at radius 3 is 2.69 bits per heavy atom. The normalized spacial score (nSPS) is 10.0. The molecule has 1 rings (SSSR count). The largest absolute Gasteiger partial charge is 0.465 e. The summed E-state index contributed by atoms with van der Waals surface area (Å²) in [5.74, 6) is -0.387. The molecule has 0 amide bonds. The van der Waals surface area contributed by atoms with Crippen molar-refractivity contribution in [3.8, 4) is 0 Å². The third kappa shape index (κ3) is 2.38. The number of rotatable bonds is 2. The Bertz CT molecular complexity index is 310. The van der Waals surface area contributed by atoms with Gasteiger partial charge < -0.3 is 4.74 Å². The van der Waals surface area contributed by atoms with Gasteiger partial charge in [-0.05, 0) is 12.1 Å². The molecule has 0 atom stereocenters. The molecule has 0 aliphatic rings. The number of carbonyl (C=O) groups excluding carboxylic acids is 1. The van der Waals surface area contributed by atoms with Crippen molar-refractivity contribution in [1.29, 1.82) is 0 Å². The van der Waals surface area contributed by atoms with Gasteiger partial charge in [-0.3, -0.25) is 0 Å². The van der Waals surface area contributed by atoms with Gasteiger partial charge in [0.25, 0.3) is 0 Å². The van der Waals surface area contributed by atoms with E-state index in [9.17, 15) is 4.79 Å². The molecule has 0 N–H and O–H groups in total. The Morgan fingerprint density at radius 1 is 1.46 bits per heavy atom. The van der Waals surface area contributed by atoms with Crippen LogP contribution in [0.15, 0.2) is 24.3 Å². The zero-order valence-electron chi connectivity index (χ0n) is 7.36. The lowest BCUT2D eigenvalue weighted by molar-refractivity contribution is 0.0600. The topological polar surface area (TPSA) is 26.3 Å². The molecule has 0 saturated heterocycles. The fraction of sp³-hybridized carbons (Fsp3) is 0.222. The first kappa shape index (κ1) is 9.90. The molecule has 4 radical (unpaired) electrons. The molecule has 0 spiro atoms. The minimum Gasteiger partial charge on any atom is -0.465 e. The molecular formula is C9H8B2O2. The zero-order chi connectivity index (χ0) is 9.84. The minimum absolute atomic E-state index is 0.387. The average molecular weight is 170 g/mol. The van der Waals surface area contributed by atoms with Gasteiger partial charge in [-0.1, -0.05) is 23.4 Å². The highest BCUT2D eigenvalue weighted by Crippen LogP contribution is 2.11. The smallest absolute Gasteiger partial charge is 0.337 e. The van der Waals surface area contributed by atoms with Crippen molar-refractivity contribution in [2.24, 2.45) is 0 Å². The lowest BCUT2D eigenvalue weighted by Crippen LogP contribution is -2.04. The summed E-state index contributed by atoms with van der Waals surface area (Å²) in [6.07, 6.45) is 0. The third-order valence-corrected chi connectivity index (χ3v) is 1.69. The fourth-order valence-electron chi connectivity index (χ4n) is 0.991. The second-order valence-corrected chi connectivity index (χ2v) is 2.64. The van der Waals surface area contributed by atoms with E-state index in [1.807, 2.05) is 0 Å². The number of hydrogen-bond acceptors (Lipinski definition) is 2. The van der Waals surface area contributed by atoms with Crippen molar-refractivity contribution in [3.05, 3.63) is 35.4 Å². The molecule has 0 aliphatic heterocycles. The number of ether oxygens (including phenoxy) is 1. The van der Waals surface area contributed by atoms with Crippen molar-refractivity contribution < 1.29 is 9.53 Å². The predicted molar refractivity (Wildman–Crippen MR) is 52.0 cm³/mol. The van der Waals surface area contributed by atoms with Gasteiger partial charge in [0.2, 0.25) is 0 Å².